The number of hydrogen-bond acceptors (Lipinski definition) is 0. The molecule has 0 unspecified atom stereocenters. The first-order valence-corrected chi connectivity index (χ1v) is 6.08. The molecule has 0 aromatic heterocycles. The summed E-state index contributed by atoms with van der Waals surface area (Å²) in [6.45, 7) is 6.94. The van der Waals surface area contributed by atoms with E-state index in [0.717, 1.165) is 0 Å². The highest BCUT2D eigenvalue weighted by Crippen LogP contribution is 2.32. The molecule has 0 saturated carbocycles. The highest BCUT2D eigenvalue weighted by Gasteiger charge is 2.18. The molecule has 80 valence electrons. The topological polar surface area (TPSA) is 0 Å². The molecule has 0 aromatic rings. The van der Waals surface area contributed by atoms with E-state index in [9.17, 15) is 0 Å². The molecule has 1 aliphatic rings. The molecule has 0 N–H and O–H groups in total. The zero-order valence-electron chi connectivity index (χ0n) is 9.97. The van der Waals surface area contributed by atoms with Crippen LogP contribution >= 0.6 is 0 Å². The summed E-state index contributed by atoms with van der Waals surface area (Å²) in [6.07, 6.45) is 15.0. The molecule has 0 fully saturated rings. The van der Waals surface area contributed by atoms with E-state index in [4.69, 9.17) is 0 Å². The lowest BCUT2D eigenvalue weighted by Gasteiger charge is -2.25. The Balaban J connectivity index is 2.70. The average Bonchev–Trinajstić information content (AvgIpc) is 2.18. The lowest BCUT2D eigenvalue weighted by atomic mass is 9.80. The lowest BCUT2D eigenvalue weighted by Crippen LogP contribution is -2.12. The highest BCUT2D eigenvalue weighted by atomic mass is 14.2. The van der Waals surface area contributed by atoms with E-state index >= 15 is 0 Å². The fraction of sp³-hybridized carbons (Fsp3) is 0.714. The third-order valence-corrected chi connectivity index (χ3v) is 3.40. The van der Waals surface area contributed by atoms with E-state index in [1.165, 1.54) is 38.5 Å². The highest BCUT2D eigenvalue weighted by molar-refractivity contribution is 5.21. The molecule has 0 heterocycles. The fourth-order valence-corrected chi connectivity index (χ4v) is 2.02. The molecule has 0 radical (unpaired) electrons. The van der Waals surface area contributed by atoms with E-state index < -0.39 is 0 Å². The Kier molecular flexibility index (Phi) is 4.44. The first kappa shape index (κ1) is 11.6. The van der Waals surface area contributed by atoms with Gasteiger partial charge in [0.15, 0.2) is 0 Å². The quantitative estimate of drug-likeness (QED) is 0.598. The minimum absolute atomic E-state index is 0.452. The van der Waals surface area contributed by atoms with Gasteiger partial charge in [0.1, 0.15) is 0 Å². The third kappa shape index (κ3) is 3.32. The first-order chi connectivity index (χ1) is 6.70. The summed E-state index contributed by atoms with van der Waals surface area (Å²) in [4.78, 5) is 0. The molecule has 1 atom stereocenters. The van der Waals surface area contributed by atoms with Crippen LogP contribution in [0.5, 0.6) is 0 Å². The van der Waals surface area contributed by atoms with Crippen molar-refractivity contribution in [1.29, 1.82) is 0 Å². The molecule has 0 aliphatic heterocycles. The van der Waals surface area contributed by atoms with Gasteiger partial charge in [-0.25, -0.2) is 0 Å². The van der Waals surface area contributed by atoms with Gasteiger partial charge in [0.2, 0.25) is 0 Å². The van der Waals surface area contributed by atoms with Gasteiger partial charge in [-0.1, -0.05) is 51.0 Å². The van der Waals surface area contributed by atoms with Gasteiger partial charge in [-0.05, 0) is 37.5 Å². The molecule has 0 bridgehead atoms. The van der Waals surface area contributed by atoms with Crippen LogP contribution in [-0.4, -0.2) is 0 Å². The third-order valence-electron chi connectivity index (χ3n) is 3.40. The fourth-order valence-electron chi connectivity index (χ4n) is 2.02. The summed E-state index contributed by atoms with van der Waals surface area (Å²) in [5, 5.41) is 0. The van der Waals surface area contributed by atoms with Crippen LogP contribution in [0.1, 0.15) is 59.3 Å². The maximum absolute atomic E-state index is 2.44. The zero-order chi connectivity index (χ0) is 10.4. The van der Waals surface area contributed by atoms with Crippen molar-refractivity contribution in [3.8, 4) is 0 Å². The molecular weight excluding hydrogens is 168 g/mol. The Bertz CT molecular complexity index is 222. The Morgan fingerprint density at radius 1 is 1.36 bits per heavy atom. The van der Waals surface area contributed by atoms with Crippen LogP contribution in [-0.2, 0) is 0 Å². The molecule has 0 heteroatoms. The molecule has 0 saturated heterocycles. The number of rotatable bonds is 3. The number of hydrogen-bond donors (Lipinski definition) is 0. The van der Waals surface area contributed by atoms with E-state index in [1.54, 1.807) is 5.57 Å². The van der Waals surface area contributed by atoms with Gasteiger partial charge >= 0.3 is 0 Å². The summed E-state index contributed by atoms with van der Waals surface area (Å²) >= 11 is 0. The van der Waals surface area contributed by atoms with Gasteiger partial charge in [0.05, 0.1) is 0 Å². The molecule has 0 aromatic carbocycles. The standard InChI is InChI=1S/C14H24/c1-4-8-13-9-6-7-11-14(3,5-2)12-10-13/h9-10,12H,4-8,11H2,1-3H3/b12-10-,13-9-/t14-/m1/s1. The van der Waals surface area contributed by atoms with E-state index in [2.05, 4.69) is 39.0 Å². The van der Waals surface area contributed by atoms with E-state index in [-0.39, 0.29) is 0 Å². The smallest absolute Gasteiger partial charge is 0.0146 e. The summed E-state index contributed by atoms with van der Waals surface area (Å²) in [5.41, 5.74) is 2.00. The van der Waals surface area contributed by atoms with Crippen molar-refractivity contribution in [1.82, 2.24) is 0 Å². The van der Waals surface area contributed by atoms with Crippen LogP contribution in [0.2, 0.25) is 0 Å². The second kappa shape index (κ2) is 5.38. The Labute approximate surface area is 89.1 Å². The normalized spacial score (nSPS) is 34.1. The van der Waals surface area contributed by atoms with Crippen LogP contribution in [0.15, 0.2) is 23.8 Å². The average molecular weight is 192 g/mol. The van der Waals surface area contributed by atoms with Crippen molar-refractivity contribution in [2.24, 2.45) is 5.41 Å². The van der Waals surface area contributed by atoms with E-state index in [1.807, 2.05) is 0 Å². The maximum Gasteiger partial charge on any atom is -0.0146 e. The molecule has 1 aliphatic carbocycles. The van der Waals surface area contributed by atoms with Crippen molar-refractivity contribution < 1.29 is 0 Å². The number of allylic oxidation sites excluding steroid dienone is 4. The van der Waals surface area contributed by atoms with Crippen molar-refractivity contribution in [2.45, 2.75) is 59.3 Å². The Morgan fingerprint density at radius 3 is 2.79 bits per heavy atom. The predicted molar refractivity (Wildman–Crippen MR) is 64.4 cm³/mol. The molecule has 1 rings (SSSR count). The predicted octanol–water partition coefficient (Wildman–Crippen LogP) is 4.87. The van der Waals surface area contributed by atoms with Gasteiger partial charge in [0.25, 0.3) is 0 Å². The zero-order valence-corrected chi connectivity index (χ0v) is 9.97. The van der Waals surface area contributed by atoms with Crippen molar-refractivity contribution in [3.05, 3.63) is 23.8 Å². The monoisotopic (exact) mass is 192 g/mol. The van der Waals surface area contributed by atoms with Gasteiger partial charge in [0, 0.05) is 0 Å². The Morgan fingerprint density at radius 2 is 2.14 bits per heavy atom. The SMILES string of the molecule is CCCC1=C/CCC[C@@](C)(CC)/C=C\1. The second-order valence-electron chi connectivity index (χ2n) is 4.76. The molecule has 14 heavy (non-hydrogen) atoms. The van der Waals surface area contributed by atoms with Crippen molar-refractivity contribution in [3.63, 3.8) is 0 Å². The largest absolute Gasteiger partial charge is 0.0813 e. The van der Waals surface area contributed by atoms with Gasteiger partial charge in [-0.3, -0.25) is 0 Å². The van der Waals surface area contributed by atoms with E-state index in [0.29, 0.717) is 5.41 Å². The minimum Gasteiger partial charge on any atom is -0.0813 e. The molecule has 0 amide bonds. The Hall–Kier alpha value is -0.520. The van der Waals surface area contributed by atoms with Crippen LogP contribution in [0.25, 0.3) is 0 Å². The van der Waals surface area contributed by atoms with Gasteiger partial charge < -0.3 is 0 Å². The van der Waals surface area contributed by atoms with Gasteiger partial charge in [-0.2, -0.15) is 0 Å². The van der Waals surface area contributed by atoms with Crippen LogP contribution < -0.4 is 0 Å². The van der Waals surface area contributed by atoms with Crippen LogP contribution in [0.3, 0.4) is 0 Å². The molecule has 0 nitrogen and oxygen atoms in total. The van der Waals surface area contributed by atoms with Crippen LogP contribution in [0.4, 0.5) is 0 Å². The lowest BCUT2D eigenvalue weighted by molar-refractivity contribution is 0.365. The second-order valence-corrected chi connectivity index (χ2v) is 4.76. The minimum atomic E-state index is 0.452. The molecular formula is C14H24. The van der Waals surface area contributed by atoms with Gasteiger partial charge in [-0.15, -0.1) is 0 Å². The summed E-state index contributed by atoms with van der Waals surface area (Å²) in [7, 11) is 0. The van der Waals surface area contributed by atoms with Crippen molar-refractivity contribution in [2.75, 3.05) is 0 Å². The first-order valence-electron chi connectivity index (χ1n) is 6.08. The molecule has 0 spiro atoms. The summed E-state index contributed by atoms with van der Waals surface area (Å²) < 4.78 is 0. The van der Waals surface area contributed by atoms with Crippen molar-refractivity contribution >= 4 is 0 Å². The van der Waals surface area contributed by atoms with Crippen LogP contribution in [0, 0.1) is 5.41 Å². The summed E-state index contributed by atoms with van der Waals surface area (Å²) in [5.74, 6) is 0. The summed E-state index contributed by atoms with van der Waals surface area (Å²) in [6, 6.07) is 0. The maximum atomic E-state index is 2.44.